The quantitative estimate of drug-likeness (QED) is 0.699. The zero-order chi connectivity index (χ0) is 18.9. The summed E-state index contributed by atoms with van der Waals surface area (Å²) in [6.45, 7) is 4.47. The van der Waals surface area contributed by atoms with Crippen LogP contribution in [-0.4, -0.2) is 25.7 Å². The van der Waals surface area contributed by atoms with Gasteiger partial charge in [-0.15, -0.1) is 0 Å². The van der Waals surface area contributed by atoms with E-state index in [4.69, 9.17) is 0 Å². The van der Waals surface area contributed by atoms with Gasteiger partial charge in [0.15, 0.2) is 0 Å². The van der Waals surface area contributed by atoms with Crippen LogP contribution >= 0.6 is 0 Å². The van der Waals surface area contributed by atoms with Gasteiger partial charge >= 0.3 is 0 Å². The van der Waals surface area contributed by atoms with Crippen LogP contribution in [0.15, 0.2) is 55.1 Å². The highest BCUT2D eigenvalue weighted by molar-refractivity contribution is 5.91. The van der Waals surface area contributed by atoms with Gasteiger partial charge < -0.3 is 10.3 Å². The first-order valence-electron chi connectivity index (χ1n) is 9.11. The average molecular weight is 361 g/mol. The molecule has 2 heterocycles. The lowest BCUT2D eigenvalue weighted by Crippen LogP contribution is -2.36. The number of fused-ring (bicyclic) bond motifs is 1. The van der Waals surface area contributed by atoms with E-state index in [1.165, 1.54) is 11.8 Å². The highest BCUT2D eigenvalue weighted by Crippen LogP contribution is 2.41. The van der Waals surface area contributed by atoms with Crippen LogP contribution in [0.2, 0.25) is 0 Å². The molecule has 1 atom stereocenters. The number of amides is 1. The van der Waals surface area contributed by atoms with Crippen LogP contribution in [0.5, 0.6) is 0 Å². The number of carbonyl (C=O) groups excluding carboxylic acids is 1. The van der Waals surface area contributed by atoms with Crippen molar-refractivity contribution in [2.45, 2.75) is 32.7 Å². The van der Waals surface area contributed by atoms with Crippen LogP contribution < -0.4 is 5.32 Å². The standard InChI is InChI=1S/C21H23N5O/c1-21(2)10-18(25-20(27)9-8-15-12-22-14-23-15)17-13-24-26(19(17)11-21)16-6-4-3-5-7-16/h3-9,12-14,18H,10-11H2,1-2H3,(H,22,23)(H,25,27)/b9-8+/t18-/m0/s1. The molecule has 138 valence electrons. The van der Waals surface area contributed by atoms with Crippen molar-refractivity contribution in [1.82, 2.24) is 25.1 Å². The molecule has 2 N–H and O–H groups in total. The maximum atomic E-state index is 12.4. The van der Waals surface area contributed by atoms with Crippen LogP contribution in [-0.2, 0) is 11.2 Å². The maximum Gasteiger partial charge on any atom is 0.244 e. The predicted molar refractivity (Wildman–Crippen MR) is 104 cm³/mol. The van der Waals surface area contributed by atoms with Crippen molar-refractivity contribution in [2.24, 2.45) is 5.41 Å². The largest absolute Gasteiger partial charge is 0.346 e. The van der Waals surface area contributed by atoms with Gasteiger partial charge in [0.05, 0.1) is 41.8 Å². The lowest BCUT2D eigenvalue weighted by Gasteiger charge is -2.35. The molecule has 1 amide bonds. The molecule has 6 nitrogen and oxygen atoms in total. The Bertz CT molecular complexity index is 954. The number of aromatic nitrogens is 4. The van der Waals surface area contributed by atoms with E-state index in [1.807, 2.05) is 29.1 Å². The van der Waals surface area contributed by atoms with Crippen molar-refractivity contribution in [3.05, 3.63) is 72.1 Å². The van der Waals surface area contributed by atoms with Gasteiger partial charge in [0.25, 0.3) is 0 Å². The minimum absolute atomic E-state index is 0.0554. The average Bonchev–Trinajstić information content (AvgIpc) is 3.29. The predicted octanol–water partition coefficient (Wildman–Crippen LogP) is 3.44. The molecular formula is C21H23N5O. The number of hydrogen-bond acceptors (Lipinski definition) is 3. The molecule has 1 aliphatic rings. The molecule has 0 radical (unpaired) electrons. The Kier molecular flexibility index (Phi) is 4.39. The third kappa shape index (κ3) is 3.69. The highest BCUT2D eigenvalue weighted by atomic mass is 16.1. The molecule has 1 aliphatic carbocycles. The van der Waals surface area contributed by atoms with E-state index in [9.17, 15) is 4.79 Å². The summed E-state index contributed by atoms with van der Waals surface area (Å²) in [5.74, 6) is -0.120. The van der Waals surface area contributed by atoms with E-state index < -0.39 is 0 Å². The number of rotatable bonds is 4. The second-order valence-corrected chi connectivity index (χ2v) is 7.74. The first kappa shape index (κ1) is 17.3. The summed E-state index contributed by atoms with van der Waals surface area (Å²) in [7, 11) is 0. The molecule has 2 aromatic heterocycles. The summed E-state index contributed by atoms with van der Waals surface area (Å²) < 4.78 is 2.00. The monoisotopic (exact) mass is 361 g/mol. The van der Waals surface area contributed by atoms with Crippen LogP contribution in [0.25, 0.3) is 11.8 Å². The first-order valence-corrected chi connectivity index (χ1v) is 9.11. The molecule has 1 aromatic carbocycles. The molecule has 0 bridgehead atoms. The SMILES string of the molecule is CC1(C)Cc2c(cnn2-c2ccccc2)[C@@H](NC(=O)/C=C/c2cnc[nH]2)C1. The zero-order valence-electron chi connectivity index (χ0n) is 15.5. The molecule has 27 heavy (non-hydrogen) atoms. The van der Waals surface area contributed by atoms with Crippen LogP contribution in [0.4, 0.5) is 0 Å². The Hall–Kier alpha value is -3.15. The summed E-state index contributed by atoms with van der Waals surface area (Å²) in [5.41, 5.74) is 4.18. The Morgan fingerprint density at radius 2 is 2.11 bits per heavy atom. The molecular weight excluding hydrogens is 338 g/mol. The fourth-order valence-corrected chi connectivity index (χ4v) is 3.71. The minimum atomic E-state index is -0.120. The van der Waals surface area contributed by atoms with Crippen molar-refractivity contribution < 1.29 is 4.79 Å². The lowest BCUT2D eigenvalue weighted by atomic mass is 9.74. The van der Waals surface area contributed by atoms with E-state index in [2.05, 4.69) is 46.4 Å². The molecule has 0 saturated heterocycles. The Morgan fingerprint density at radius 3 is 2.85 bits per heavy atom. The first-order chi connectivity index (χ1) is 13.0. The van der Waals surface area contributed by atoms with Crippen molar-refractivity contribution >= 4 is 12.0 Å². The van der Waals surface area contributed by atoms with Crippen molar-refractivity contribution in [1.29, 1.82) is 0 Å². The van der Waals surface area contributed by atoms with Gasteiger partial charge in [0.2, 0.25) is 5.91 Å². The van der Waals surface area contributed by atoms with Gasteiger partial charge in [0, 0.05) is 11.6 Å². The molecule has 0 aliphatic heterocycles. The summed E-state index contributed by atoms with van der Waals surface area (Å²) in [4.78, 5) is 19.3. The van der Waals surface area contributed by atoms with E-state index >= 15 is 0 Å². The number of benzene rings is 1. The number of imidazole rings is 1. The van der Waals surface area contributed by atoms with Gasteiger partial charge in [-0.3, -0.25) is 4.79 Å². The number of aromatic amines is 1. The number of carbonyl (C=O) groups is 1. The molecule has 0 unspecified atom stereocenters. The topological polar surface area (TPSA) is 75.6 Å². The number of nitrogens with zero attached hydrogens (tertiary/aromatic N) is 3. The maximum absolute atomic E-state index is 12.4. The third-order valence-corrected chi connectivity index (χ3v) is 4.93. The summed E-state index contributed by atoms with van der Waals surface area (Å²) in [6, 6.07) is 10.1. The third-order valence-electron chi connectivity index (χ3n) is 4.93. The Morgan fingerprint density at radius 1 is 1.30 bits per heavy atom. The number of H-pyrrole nitrogens is 1. The lowest BCUT2D eigenvalue weighted by molar-refractivity contribution is -0.117. The minimum Gasteiger partial charge on any atom is -0.346 e. The van der Waals surface area contributed by atoms with E-state index in [0.717, 1.165) is 29.8 Å². The number of nitrogens with one attached hydrogen (secondary N) is 2. The van der Waals surface area contributed by atoms with Gasteiger partial charge in [-0.1, -0.05) is 32.0 Å². The second kappa shape index (κ2) is 6.87. The fraction of sp³-hybridized carbons (Fsp3) is 0.286. The van der Waals surface area contributed by atoms with Crippen LogP contribution in [0.3, 0.4) is 0 Å². The number of para-hydroxylation sites is 1. The Labute approximate surface area is 158 Å². The van der Waals surface area contributed by atoms with Gasteiger partial charge in [-0.2, -0.15) is 5.10 Å². The smallest absolute Gasteiger partial charge is 0.244 e. The molecule has 4 rings (SSSR count). The van der Waals surface area contributed by atoms with Crippen LogP contribution in [0.1, 0.15) is 43.3 Å². The molecule has 0 spiro atoms. The molecule has 3 aromatic rings. The Balaban J connectivity index is 1.60. The van der Waals surface area contributed by atoms with Gasteiger partial charge in [-0.05, 0) is 36.5 Å². The second-order valence-electron chi connectivity index (χ2n) is 7.74. The number of hydrogen-bond donors (Lipinski definition) is 2. The highest BCUT2D eigenvalue weighted by Gasteiger charge is 2.35. The van der Waals surface area contributed by atoms with Gasteiger partial charge in [0.1, 0.15) is 0 Å². The normalized spacial score (nSPS) is 18.4. The van der Waals surface area contributed by atoms with E-state index in [-0.39, 0.29) is 17.4 Å². The van der Waals surface area contributed by atoms with E-state index in [0.29, 0.717) is 0 Å². The van der Waals surface area contributed by atoms with Crippen molar-refractivity contribution in [2.75, 3.05) is 0 Å². The molecule has 0 fully saturated rings. The fourth-order valence-electron chi connectivity index (χ4n) is 3.71. The molecule has 6 heteroatoms. The summed E-state index contributed by atoms with van der Waals surface area (Å²) in [6.07, 6.45) is 10.2. The van der Waals surface area contributed by atoms with Gasteiger partial charge in [-0.25, -0.2) is 9.67 Å². The van der Waals surface area contributed by atoms with Crippen LogP contribution in [0, 0.1) is 5.41 Å². The zero-order valence-corrected chi connectivity index (χ0v) is 15.5. The molecule has 0 saturated carbocycles. The summed E-state index contributed by atoms with van der Waals surface area (Å²) >= 11 is 0. The van der Waals surface area contributed by atoms with Crippen molar-refractivity contribution in [3.8, 4) is 5.69 Å². The summed E-state index contributed by atoms with van der Waals surface area (Å²) in [5, 5.41) is 7.76. The van der Waals surface area contributed by atoms with Crippen molar-refractivity contribution in [3.63, 3.8) is 0 Å². The van der Waals surface area contributed by atoms with E-state index in [1.54, 1.807) is 18.6 Å².